The maximum atomic E-state index is 9.45. The highest BCUT2D eigenvalue weighted by atomic mass is 16.3. The van der Waals surface area contributed by atoms with Gasteiger partial charge in [0.1, 0.15) is 0 Å². The average molecular weight is 173 g/mol. The lowest BCUT2D eigenvalue weighted by Crippen LogP contribution is -2.49. The van der Waals surface area contributed by atoms with E-state index in [1.807, 2.05) is 0 Å². The molecule has 1 saturated heterocycles. The fourth-order valence-electron chi connectivity index (χ4n) is 2.15. The molecule has 72 valence electrons. The van der Waals surface area contributed by atoms with E-state index in [-0.39, 0.29) is 12.7 Å². The zero-order valence-electron chi connectivity index (χ0n) is 7.90. The third-order valence-corrected chi connectivity index (χ3v) is 2.72. The van der Waals surface area contributed by atoms with Crippen molar-refractivity contribution in [1.82, 2.24) is 4.90 Å². The first kappa shape index (κ1) is 9.96. The second kappa shape index (κ2) is 4.21. The van der Waals surface area contributed by atoms with Gasteiger partial charge in [-0.2, -0.15) is 0 Å². The molecule has 1 aliphatic rings. The third kappa shape index (κ3) is 2.19. The highest BCUT2D eigenvalue weighted by Crippen LogP contribution is 2.22. The van der Waals surface area contributed by atoms with Gasteiger partial charge in [0.15, 0.2) is 0 Å². The van der Waals surface area contributed by atoms with Gasteiger partial charge in [-0.05, 0) is 26.7 Å². The van der Waals surface area contributed by atoms with Crippen LogP contribution in [-0.4, -0.2) is 46.5 Å². The highest BCUT2D eigenvalue weighted by molar-refractivity contribution is 4.83. The number of piperidine rings is 1. The summed E-state index contributed by atoms with van der Waals surface area (Å²) in [5.41, 5.74) is 0. The van der Waals surface area contributed by atoms with Crippen LogP contribution in [0.4, 0.5) is 0 Å². The molecule has 3 atom stereocenters. The summed E-state index contributed by atoms with van der Waals surface area (Å²) in [6, 6.07) is 0.798. The van der Waals surface area contributed by atoms with E-state index >= 15 is 0 Å². The van der Waals surface area contributed by atoms with Gasteiger partial charge in [0.05, 0.1) is 12.7 Å². The van der Waals surface area contributed by atoms with Gasteiger partial charge in [-0.15, -0.1) is 0 Å². The van der Waals surface area contributed by atoms with Crippen molar-refractivity contribution >= 4 is 0 Å². The molecule has 0 aromatic heterocycles. The normalized spacial score (nSPS) is 38.5. The standard InChI is InChI=1S/C9H19NO2/c1-7-5-9(12)6-8(2)10(7)3-4-11/h7-9,11-12H,3-6H2,1-2H3/t7-,8+,9?. The third-order valence-electron chi connectivity index (χ3n) is 2.72. The molecular weight excluding hydrogens is 154 g/mol. The Balaban J connectivity index is 2.48. The molecule has 1 heterocycles. The summed E-state index contributed by atoms with van der Waals surface area (Å²) in [5.74, 6) is 0. The first-order valence-corrected chi connectivity index (χ1v) is 4.69. The molecule has 0 saturated carbocycles. The molecule has 1 fully saturated rings. The maximum Gasteiger partial charge on any atom is 0.0569 e. The predicted molar refractivity (Wildman–Crippen MR) is 48.0 cm³/mol. The molecule has 12 heavy (non-hydrogen) atoms. The van der Waals surface area contributed by atoms with Crippen LogP contribution in [0.3, 0.4) is 0 Å². The SMILES string of the molecule is C[C@@H]1CC(O)C[C@H](C)N1CCO. The first-order chi connectivity index (χ1) is 5.65. The fourth-order valence-corrected chi connectivity index (χ4v) is 2.15. The topological polar surface area (TPSA) is 43.7 Å². The Labute approximate surface area is 74.0 Å². The van der Waals surface area contributed by atoms with Crippen molar-refractivity contribution in [1.29, 1.82) is 0 Å². The van der Waals surface area contributed by atoms with Crippen LogP contribution in [0, 0.1) is 0 Å². The largest absolute Gasteiger partial charge is 0.395 e. The van der Waals surface area contributed by atoms with Crippen LogP contribution < -0.4 is 0 Å². The van der Waals surface area contributed by atoms with Crippen LogP contribution in [0.1, 0.15) is 26.7 Å². The van der Waals surface area contributed by atoms with Crippen LogP contribution in [-0.2, 0) is 0 Å². The molecule has 2 N–H and O–H groups in total. The number of hydrogen-bond donors (Lipinski definition) is 2. The minimum atomic E-state index is -0.148. The maximum absolute atomic E-state index is 9.45. The van der Waals surface area contributed by atoms with Crippen LogP contribution in [0.25, 0.3) is 0 Å². The Bertz CT molecular complexity index is 128. The van der Waals surface area contributed by atoms with Gasteiger partial charge < -0.3 is 10.2 Å². The molecule has 1 aliphatic heterocycles. The van der Waals surface area contributed by atoms with Crippen LogP contribution in [0.2, 0.25) is 0 Å². The summed E-state index contributed by atoms with van der Waals surface area (Å²) < 4.78 is 0. The lowest BCUT2D eigenvalue weighted by Gasteiger charge is -2.40. The lowest BCUT2D eigenvalue weighted by atomic mass is 9.95. The molecule has 1 rings (SSSR count). The van der Waals surface area contributed by atoms with Crippen LogP contribution in [0.15, 0.2) is 0 Å². The predicted octanol–water partition coefficient (Wildman–Crippen LogP) is 0.212. The molecule has 0 spiro atoms. The van der Waals surface area contributed by atoms with Gasteiger partial charge in [-0.25, -0.2) is 0 Å². The monoisotopic (exact) mass is 173 g/mol. The molecule has 0 bridgehead atoms. The Kier molecular flexibility index (Phi) is 3.50. The molecule has 3 nitrogen and oxygen atoms in total. The number of hydrogen-bond acceptors (Lipinski definition) is 3. The molecule has 0 radical (unpaired) electrons. The van der Waals surface area contributed by atoms with Crippen molar-refractivity contribution in [2.75, 3.05) is 13.2 Å². The minimum Gasteiger partial charge on any atom is -0.395 e. The van der Waals surface area contributed by atoms with E-state index in [1.165, 1.54) is 0 Å². The summed E-state index contributed by atoms with van der Waals surface area (Å²) in [6.45, 7) is 5.16. The molecule has 0 amide bonds. The fraction of sp³-hybridized carbons (Fsp3) is 1.00. The van der Waals surface area contributed by atoms with E-state index in [0.717, 1.165) is 19.4 Å². The van der Waals surface area contributed by atoms with Crippen molar-refractivity contribution in [2.45, 2.75) is 44.9 Å². The molecule has 0 aromatic rings. The Morgan fingerprint density at radius 2 is 1.75 bits per heavy atom. The molecular formula is C9H19NO2. The van der Waals surface area contributed by atoms with Crippen molar-refractivity contribution in [3.63, 3.8) is 0 Å². The number of nitrogens with zero attached hydrogens (tertiary/aromatic N) is 1. The summed E-state index contributed by atoms with van der Waals surface area (Å²) in [7, 11) is 0. The summed E-state index contributed by atoms with van der Waals surface area (Å²) in [6.07, 6.45) is 1.53. The Morgan fingerprint density at radius 1 is 1.25 bits per heavy atom. The van der Waals surface area contributed by atoms with Gasteiger partial charge in [-0.1, -0.05) is 0 Å². The molecule has 0 aliphatic carbocycles. The minimum absolute atomic E-state index is 0.148. The van der Waals surface area contributed by atoms with Gasteiger partial charge >= 0.3 is 0 Å². The second-order valence-electron chi connectivity index (χ2n) is 3.78. The van der Waals surface area contributed by atoms with Crippen LogP contribution >= 0.6 is 0 Å². The summed E-state index contributed by atoms with van der Waals surface area (Å²) in [5, 5.41) is 18.3. The van der Waals surface area contributed by atoms with Gasteiger partial charge in [-0.3, -0.25) is 4.90 Å². The van der Waals surface area contributed by atoms with Crippen LogP contribution in [0.5, 0.6) is 0 Å². The van der Waals surface area contributed by atoms with Crippen molar-refractivity contribution in [2.24, 2.45) is 0 Å². The van der Waals surface area contributed by atoms with E-state index < -0.39 is 0 Å². The van der Waals surface area contributed by atoms with Crippen molar-refractivity contribution in [3.8, 4) is 0 Å². The summed E-state index contributed by atoms with van der Waals surface area (Å²) >= 11 is 0. The number of β-amino-alcohol motifs (C(OH)–C–C–N with tert-alkyl or cyclic N) is 1. The number of aliphatic hydroxyl groups excluding tert-OH is 2. The average Bonchev–Trinajstić information content (AvgIpc) is 1.96. The number of rotatable bonds is 2. The van der Waals surface area contributed by atoms with E-state index in [2.05, 4.69) is 18.7 Å². The van der Waals surface area contributed by atoms with Gasteiger partial charge in [0, 0.05) is 18.6 Å². The first-order valence-electron chi connectivity index (χ1n) is 4.69. The smallest absolute Gasteiger partial charge is 0.0569 e. The second-order valence-corrected chi connectivity index (χ2v) is 3.78. The van der Waals surface area contributed by atoms with Crippen molar-refractivity contribution < 1.29 is 10.2 Å². The van der Waals surface area contributed by atoms with E-state index in [0.29, 0.717) is 12.1 Å². The zero-order chi connectivity index (χ0) is 9.14. The van der Waals surface area contributed by atoms with Gasteiger partial charge in [0.25, 0.3) is 0 Å². The summed E-state index contributed by atoms with van der Waals surface area (Å²) in [4.78, 5) is 2.26. The Morgan fingerprint density at radius 3 is 2.17 bits per heavy atom. The lowest BCUT2D eigenvalue weighted by molar-refractivity contribution is 0.00538. The van der Waals surface area contributed by atoms with E-state index in [9.17, 15) is 5.11 Å². The number of likely N-dealkylation sites (tertiary alicyclic amines) is 1. The molecule has 0 aromatic carbocycles. The van der Waals surface area contributed by atoms with Gasteiger partial charge in [0.2, 0.25) is 0 Å². The quantitative estimate of drug-likeness (QED) is 0.627. The van der Waals surface area contributed by atoms with E-state index in [4.69, 9.17) is 5.11 Å². The zero-order valence-corrected chi connectivity index (χ0v) is 7.90. The van der Waals surface area contributed by atoms with E-state index in [1.54, 1.807) is 0 Å². The highest BCUT2D eigenvalue weighted by Gasteiger charge is 2.28. The molecule has 1 unspecified atom stereocenters. The van der Waals surface area contributed by atoms with Crippen molar-refractivity contribution in [3.05, 3.63) is 0 Å². The molecule has 3 heteroatoms. The Hall–Kier alpha value is -0.120. The number of aliphatic hydroxyl groups is 2.